The zero-order valence-corrected chi connectivity index (χ0v) is 13.8. The third-order valence-corrected chi connectivity index (χ3v) is 4.92. The van der Waals surface area contributed by atoms with Crippen LogP contribution in [0.5, 0.6) is 0 Å². The van der Waals surface area contributed by atoms with Gasteiger partial charge in [-0.05, 0) is 46.5 Å². The molecule has 0 aromatic heterocycles. The summed E-state index contributed by atoms with van der Waals surface area (Å²) < 4.78 is 5.32. The molecule has 0 aromatic rings. The van der Waals surface area contributed by atoms with Crippen LogP contribution < -0.4 is 5.32 Å². The number of nitrogens with one attached hydrogen (secondary N) is 1. The number of hydrogen-bond donors (Lipinski definition) is 1. The van der Waals surface area contributed by atoms with Crippen molar-refractivity contribution < 1.29 is 9.53 Å². The Morgan fingerprint density at radius 3 is 2.30 bits per heavy atom. The summed E-state index contributed by atoms with van der Waals surface area (Å²) in [5, 5.41) is 3.02. The van der Waals surface area contributed by atoms with Crippen molar-refractivity contribution in [3.05, 3.63) is 0 Å². The van der Waals surface area contributed by atoms with Crippen molar-refractivity contribution in [1.29, 1.82) is 0 Å². The van der Waals surface area contributed by atoms with Crippen LogP contribution in [0.15, 0.2) is 0 Å². The molecule has 0 radical (unpaired) electrons. The van der Waals surface area contributed by atoms with Gasteiger partial charge in [-0.25, -0.2) is 4.79 Å². The molecule has 0 spiro atoms. The van der Waals surface area contributed by atoms with Gasteiger partial charge in [0.15, 0.2) is 0 Å². The first kappa shape index (κ1) is 16.0. The maximum absolute atomic E-state index is 11.8. The number of carbonyl (C=O) groups excluding carboxylic acids is 1. The van der Waals surface area contributed by atoms with Gasteiger partial charge in [-0.2, -0.15) is 11.8 Å². The van der Waals surface area contributed by atoms with E-state index in [1.165, 1.54) is 37.4 Å². The molecule has 2 fully saturated rings. The molecule has 0 aromatic carbocycles. The van der Waals surface area contributed by atoms with Gasteiger partial charge in [0.2, 0.25) is 0 Å². The number of carbonyl (C=O) groups is 1. The average molecular weight is 300 g/mol. The summed E-state index contributed by atoms with van der Waals surface area (Å²) in [4.78, 5) is 14.4. The first-order valence-corrected chi connectivity index (χ1v) is 8.91. The van der Waals surface area contributed by atoms with E-state index >= 15 is 0 Å². The van der Waals surface area contributed by atoms with Crippen LogP contribution in [0, 0.1) is 0 Å². The largest absolute Gasteiger partial charge is 0.444 e. The first-order chi connectivity index (χ1) is 9.44. The summed E-state index contributed by atoms with van der Waals surface area (Å²) in [7, 11) is 0. The molecule has 1 aliphatic heterocycles. The van der Waals surface area contributed by atoms with E-state index < -0.39 is 5.60 Å². The summed E-state index contributed by atoms with van der Waals surface area (Å²) in [5.74, 6) is 2.55. The molecular formula is C15H28N2O2S. The van der Waals surface area contributed by atoms with Crippen LogP contribution >= 0.6 is 11.8 Å². The Morgan fingerprint density at radius 1 is 1.15 bits per heavy atom. The monoisotopic (exact) mass is 300 g/mol. The molecule has 0 atom stereocenters. The Labute approximate surface area is 127 Å². The van der Waals surface area contributed by atoms with Gasteiger partial charge in [-0.15, -0.1) is 0 Å². The van der Waals surface area contributed by atoms with E-state index in [0.29, 0.717) is 6.04 Å². The second-order valence-electron chi connectivity index (χ2n) is 6.80. The van der Waals surface area contributed by atoms with Crippen LogP contribution in [-0.2, 0) is 4.74 Å². The lowest BCUT2D eigenvalue weighted by molar-refractivity contribution is 0.0478. The topological polar surface area (TPSA) is 41.6 Å². The zero-order chi connectivity index (χ0) is 14.6. The minimum absolute atomic E-state index is 0.268. The van der Waals surface area contributed by atoms with Crippen LogP contribution in [0.4, 0.5) is 4.79 Å². The van der Waals surface area contributed by atoms with E-state index in [1.807, 2.05) is 20.8 Å². The SMILES string of the molecule is CC(C)(C)OC(=O)NC1CCC(N2CCSCC2)CC1. The highest BCUT2D eigenvalue weighted by Gasteiger charge is 2.28. The van der Waals surface area contributed by atoms with Crippen LogP contribution in [0.2, 0.25) is 0 Å². The summed E-state index contributed by atoms with van der Waals surface area (Å²) >= 11 is 2.06. The van der Waals surface area contributed by atoms with Gasteiger partial charge in [0.1, 0.15) is 5.60 Å². The number of amides is 1. The molecule has 0 unspecified atom stereocenters. The average Bonchev–Trinajstić information content (AvgIpc) is 2.38. The van der Waals surface area contributed by atoms with Crippen LogP contribution in [0.3, 0.4) is 0 Å². The number of hydrogen-bond acceptors (Lipinski definition) is 4. The minimum atomic E-state index is -0.410. The van der Waals surface area contributed by atoms with Gasteiger partial charge in [-0.1, -0.05) is 0 Å². The summed E-state index contributed by atoms with van der Waals surface area (Å²) in [6.07, 6.45) is 4.28. The molecule has 1 saturated heterocycles. The Morgan fingerprint density at radius 2 is 1.75 bits per heavy atom. The summed E-state index contributed by atoms with van der Waals surface area (Å²) in [6.45, 7) is 8.17. The number of alkyl carbamates (subject to hydrolysis) is 1. The molecule has 20 heavy (non-hydrogen) atoms. The predicted octanol–water partition coefficient (Wildman–Crippen LogP) is 2.87. The van der Waals surface area contributed by atoms with Gasteiger partial charge in [0.25, 0.3) is 0 Å². The highest BCUT2D eigenvalue weighted by molar-refractivity contribution is 7.99. The molecule has 1 amide bonds. The van der Waals surface area contributed by atoms with E-state index in [1.54, 1.807) is 0 Å². The molecule has 1 heterocycles. The number of rotatable bonds is 2. The van der Waals surface area contributed by atoms with E-state index in [-0.39, 0.29) is 6.09 Å². The number of thioether (sulfide) groups is 1. The van der Waals surface area contributed by atoms with E-state index in [0.717, 1.165) is 18.9 Å². The van der Waals surface area contributed by atoms with Crippen molar-refractivity contribution in [2.45, 2.75) is 64.1 Å². The van der Waals surface area contributed by atoms with Crippen LogP contribution in [-0.4, -0.2) is 53.3 Å². The molecule has 2 aliphatic rings. The maximum atomic E-state index is 11.8. The lowest BCUT2D eigenvalue weighted by atomic mass is 9.90. The fourth-order valence-electron chi connectivity index (χ4n) is 3.00. The van der Waals surface area contributed by atoms with Crippen molar-refractivity contribution in [2.24, 2.45) is 0 Å². The van der Waals surface area contributed by atoms with E-state index in [9.17, 15) is 4.79 Å². The second-order valence-corrected chi connectivity index (χ2v) is 8.02. The third-order valence-electron chi connectivity index (χ3n) is 3.98. The standard InChI is InChI=1S/C15H28N2O2S/c1-15(2,3)19-14(18)16-12-4-6-13(7-5-12)17-8-10-20-11-9-17/h12-13H,4-11H2,1-3H3,(H,16,18). The minimum Gasteiger partial charge on any atom is -0.444 e. The third kappa shape index (κ3) is 5.17. The van der Waals surface area contributed by atoms with Gasteiger partial charge in [-0.3, -0.25) is 4.90 Å². The van der Waals surface area contributed by atoms with Crippen molar-refractivity contribution >= 4 is 17.9 Å². The molecule has 4 nitrogen and oxygen atoms in total. The van der Waals surface area contributed by atoms with Crippen molar-refractivity contribution in [3.8, 4) is 0 Å². The Hall–Kier alpha value is -0.420. The molecule has 116 valence electrons. The Balaban J connectivity index is 1.70. The van der Waals surface area contributed by atoms with Gasteiger partial charge in [0.05, 0.1) is 0 Å². The predicted molar refractivity (Wildman–Crippen MR) is 84.3 cm³/mol. The highest BCUT2D eigenvalue weighted by atomic mass is 32.2. The van der Waals surface area contributed by atoms with Crippen molar-refractivity contribution in [3.63, 3.8) is 0 Å². The zero-order valence-electron chi connectivity index (χ0n) is 13.0. The van der Waals surface area contributed by atoms with Gasteiger partial charge in [0, 0.05) is 36.7 Å². The van der Waals surface area contributed by atoms with Crippen LogP contribution in [0.25, 0.3) is 0 Å². The Kier molecular flexibility index (Phi) is 5.61. The lowest BCUT2D eigenvalue weighted by Gasteiger charge is -2.38. The van der Waals surface area contributed by atoms with E-state index in [4.69, 9.17) is 4.74 Å². The van der Waals surface area contributed by atoms with Gasteiger partial charge < -0.3 is 10.1 Å². The highest BCUT2D eigenvalue weighted by Crippen LogP contribution is 2.25. The van der Waals surface area contributed by atoms with Gasteiger partial charge >= 0.3 is 6.09 Å². The normalized spacial score (nSPS) is 28.9. The van der Waals surface area contributed by atoms with E-state index in [2.05, 4.69) is 22.0 Å². The summed E-state index contributed by atoms with van der Waals surface area (Å²) in [5.41, 5.74) is -0.410. The fourth-order valence-corrected chi connectivity index (χ4v) is 3.93. The molecule has 2 rings (SSSR count). The molecular weight excluding hydrogens is 272 g/mol. The quantitative estimate of drug-likeness (QED) is 0.851. The van der Waals surface area contributed by atoms with Crippen molar-refractivity contribution in [1.82, 2.24) is 10.2 Å². The van der Waals surface area contributed by atoms with Crippen LogP contribution in [0.1, 0.15) is 46.5 Å². The molecule has 0 bridgehead atoms. The Bertz CT molecular complexity index is 316. The molecule has 1 saturated carbocycles. The smallest absolute Gasteiger partial charge is 0.407 e. The molecule has 5 heteroatoms. The number of nitrogens with zero attached hydrogens (tertiary/aromatic N) is 1. The second kappa shape index (κ2) is 7.03. The lowest BCUT2D eigenvalue weighted by Crippen LogP contribution is -2.47. The fraction of sp³-hybridized carbons (Fsp3) is 0.933. The first-order valence-electron chi connectivity index (χ1n) is 7.75. The number of ether oxygens (including phenoxy) is 1. The summed E-state index contributed by atoms with van der Waals surface area (Å²) in [6, 6.07) is 1.02. The van der Waals surface area contributed by atoms with Crippen molar-refractivity contribution in [2.75, 3.05) is 24.6 Å². The molecule has 1 aliphatic carbocycles. The molecule has 1 N–H and O–H groups in total. The maximum Gasteiger partial charge on any atom is 0.407 e.